The van der Waals surface area contributed by atoms with Crippen molar-refractivity contribution in [3.05, 3.63) is 28.8 Å². The van der Waals surface area contributed by atoms with E-state index in [0.29, 0.717) is 6.54 Å². The fourth-order valence-electron chi connectivity index (χ4n) is 2.48. The van der Waals surface area contributed by atoms with Gasteiger partial charge >= 0.3 is 6.18 Å². The van der Waals surface area contributed by atoms with Crippen LogP contribution in [0.5, 0.6) is 0 Å². The van der Waals surface area contributed by atoms with Crippen molar-refractivity contribution >= 4 is 23.2 Å². The number of aliphatic hydroxyl groups is 1. The van der Waals surface area contributed by atoms with Crippen LogP contribution in [0, 0.1) is 0 Å². The van der Waals surface area contributed by atoms with Gasteiger partial charge in [0.05, 0.1) is 29.4 Å². The Bertz CT molecular complexity index is 551. The molecule has 0 aromatic heterocycles. The lowest BCUT2D eigenvalue weighted by Crippen LogP contribution is -2.38. The summed E-state index contributed by atoms with van der Waals surface area (Å²) in [6.07, 6.45) is -2.82. The predicted octanol–water partition coefficient (Wildman–Crippen LogP) is 2.75. The first-order valence-electron chi connectivity index (χ1n) is 6.83. The van der Waals surface area contributed by atoms with Gasteiger partial charge in [0.25, 0.3) is 0 Å². The van der Waals surface area contributed by atoms with Crippen LogP contribution in [0.15, 0.2) is 18.2 Å². The number of nitrogens with one attached hydrogen (secondary N) is 1. The Labute approximate surface area is 130 Å². The molecule has 22 heavy (non-hydrogen) atoms. The van der Waals surface area contributed by atoms with E-state index in [4.69, 9.17) is 11.6 Å². The van der Waals surface area contributed by atoms with Crippen molar-refractivity contribution in [1.82, 2.24) is 4.90 Å². The Morgan fingerprint density at radius 3 is 2.82 bits per heavy atom. The van der Waals surface area contributed by atoms with Crippen LogP contribution in [0.1, 0.15) is 18.4 Å². The van der Waals surface area contributed by atoms with E-state index in [1.54, 1.807) is 4.90 Å². The monoisotopic (exact) mass is 336 g/mol. The summed E-state index contributed by atoms with van der Waals surface area (Å²) in [6.45, 7) is 0.643. The van der Waals surface area contributed by atoms with Crippen molar-refractivity contribution in [2.75, 3.05) is 25.0 Å². The van der Waals surface area contributed by atoms with Gasteiger partial charge in [-0.2, -0.15) is 13.2 Å². The summed E-state index contributed by atoms with van der Waals surface area (Å²) < 4.78 is 38.0. The van der Waals surface area contributed by atoms with Gasteiger partial charge < -0.3 is 10.4 Å². The van der Waals surface area contributed by atoms with Crippen molar-refractivity contribution in [3.63, 3.8) is 0 Å². The molecule has 0 bridgehead atoms. The molecule has 1 aliphatic heterocycles. The highest BCUT2D eigenvalue weighted by Crippen LogP contribution is 2.33. The SMILES string of the molecule is O=C(CN1CCCC1CO)Nc1cc(C(F)(F)F)ccc1Cl. The highest BCUT2D eigenvalue weighted by molar-refractivity contribution is 6.33. The van der Waals surface area contributed by atoms with Crippen LogP contribution in [0.2, 0.25) is 5.02 Å². The summed E-state index contributed by atoms with van der Waals surface area (Å²) in [6, 6.07) is 2.70. The molecule has 1 aromatic carbocycles. The first kappa shape index (κ1) is 17.1. The second-order valence-corrected chi connectivity index (χ2v) is 5.60. The third-order valence-corrected chi connectivity index (χ3v) is 3.95. The number of benzene rings is 1. The summed E-state index contributed by atoms with van der Waals surface area (Å²) in [4.78, 5) is 13.8. The van der Waals surface area contributed by atoms with Crippen LogP contribution >= 0.6 is 11.6 Å². The number of likely N-dealkylation sites (tertiary alicyclic amines) is 1. The Morgan fingerprint density at radius 2 is 2.18 bits per heavy atom. The van der Waals surface area contributed by atoms with Gasteiger partial charge in [-0.05, 0) is 37.6 Å². The first-order valence-corrected chi connectivity index (χ1v) is 7.20. The first-order chi connectivity index (χ1) is 10.3. The average Bonchev–Trinajstić information content (AvgIpc) is 2.87. The largest absolute Gasteiger partial charge is 0.416 e. The van der Waals surface area contributed by atoms with Crippen LogP contribution in [-0.4, -0.2) is 41.7 Å². The van der Waals surface area contributed by atoms with Gasteiger partial charge in [0.15, 0.2) is 0 Å². The lowest BCUT2D eigenvalue weighted by molar-refractivity contribution is -0.137. The maximum atomic E-state index is 12.7. The number of halogens is 4. The van der Waals surface area contributed by atoms with Gasteiger partial charge in [0.1, 0.15) is 0 Å². The van der Waals surface area contributed by atoms with E-state index in [2.05, 4.69) is 5.32 Å². The number of rotatable bonds is 4. The molecule has 0 radical (unpaired) electrons. The molecule has 1 fully saturated rings. The summed E-state index contributed by atoms with van der Waals surface area (Å²) in [5.74, 6) is -0.457. The van der Waals surface area contributed by atoms with Gasteiger partial charge in [-0.15, -0.1) is 0 Å². The van der Waals surface area contributed by atoms with Crippen LogP contribution in [-0.2, 0) is 11.0 Å². The third-order valence-electron chi connectivity index (χ3n) is 3.62. The zero-order chi connectivity index (χ0) is 16.3. The van der Waals surface area contributed by atoms with E-state index >= 15 is 0 Å². The molecule has 8 heteroatoms. The molecule has 0 aliphatic carbocycles. The predicted molar refractivity (Wildman–Crippen MR) is 76.8 cm³/mol. The molecule has 0 spiro atoms. The number of amides is 1. The maximum absolute atomic E-state index is 12.7. The molecule has 122 valence electrons. The second kappa shape index (κ2) is 6.85. The molecule has 4 nitrogen and oxygen atoms in total. The number of carbonyl (C=O) groups is 1. The Morgan fingerprint density at radius 1 is 1.45 bits per heavy atom. The van der Waals surface area contributed by atoms with Gasteiger partial charge in [0.2, 0.25) is 5.91 Å². The minimum absolute atomic E-state index is 0.0117. The molecule has 2 N–H and O–H groups in total. The number of hydrogen-bond acceptors (Lipinski definition) is 3. The van der Waals surface area contributed by atoms with Gasteiger partial charge in [-0.25, -0.2) is 0 Å². The van der Waals surface area contributed by atoms with Crippen LogP contribution in [0.4, 0.5) is 18.9 Å². The van der Waals surface area contributed by atoms with Gasteiger partial charge in [-0.1, -0.05) is 11.6 Å². The highest BCUT2D eigenvalue weighted by atomic mass is 35.5. The van der Waals surface area contributed by atoms with Crippen molar-refractivity contribution in [2.45, 2.75) is 25.1 Å². The van der Waals surface area contributed by atoms with E-state index in [-0.39, 0.29) is 29.9 Å². The van der Waals surface area contributed by atoms with E-state index in [9.17, 15) is 23.1 Å². The van der Waals surface area contributed by atoms with Gasteiger partial charge in [0, 0.05) is 6.04 Å². The number of hydrogen-bond donors (Lipinski definition) is 2. The summed E-state index contributed by atoms with van der Waals surface area (Å²) in [5.41, 5.74) is -0.942. The topological polar surface area (TPSA) is 52.6 Å². The van der Waals surface area contributed by atoms with E-state index in [1.165, 1.54) is 0 Å². The Hall–Kier alpha value is -1.31. The number of carbonyl (C=O) groups excluding carboxylic acids is 1. The van der Waals surface area contributed by atoms with Crippen molar-refractivity contribution in [1.29, 1.82) is 0 Å². The van der Waals surface area contributed by atoms with E-state index in [1.807, 2.05) is 0 Å². The standard InChI is InChI=1S/C14H16ClF3N2O2/c15-11-4-3-9(14(16,17)18)6-12(11)19-13(22)7-20-5-1-2-10(20)8-21/h3-4,6,10,21H,1-2,5,7-8H2,(H,19,22). The van der Waals surface area contributed by atoms with E-state index < -0.39 is 17.6 Å². The molecule has 1 saturated heterocycles. The minimum Gasteiger partial charge on any atom is -0.395 e. The number of alkyl halides is 3. The molecule has 1 unspecified atom stereocenters. The fraction of sp³-hybridized carbons (Fsp3) is 0.500. The lowest BCUT2D eigenvalue weighted by Gasteiger charge is -2.22. The molecule has 1 heterocycles. The van der Waals surface area contributed by atoms with Crippen molar-refractivity contribution < 1.29 is 23.1 Å². The highest BCUT2D eigenvalue weighted by Gasteiger charge is 2.31. The quantitative estimate of drug-likeness (QED) is 0.889. The fourth-order valence-corrected chi connectivity index (χ4v) is 2.65. The zero-order valence-electron chi connectivity index (χ0n) is 11.7. The third kappa shape index (κ3) is 4.12. The summed E-state index contributed by atoms with van der Waals surface area (Å²) in [7, 11) is 0. The molecule has 2 rings (SSSR count). The normalized spacial score (nSPS) is 19.4. The summed E-state index contributed by atoms with van der Waals surface area (Å²) >= 11 is 5.83. The zero-order valence-corrected chi connectivity index (χ0v) is 12.4. The lowest BCUT2D eigenvalue weighted by atomic mass is 10.2. The van der Waals surface area contributed by atoms with Crippen LogP contribution < -0.4 is 5.32 Å². The maximum Gasteiger partial charge on any atom is 0.416 e. The average molecular weight is 337 g/mol. The Kier molecular flexibility index (Phi) is 5.31. The molecule has 0 saturated carbocycles. The van der Waals surface area contributed by atoms with Crippen molar-refractivity contribution in [3.8, 4) is 0 Å². The molecule has 1 aromatic rings. The number of aliphatic hydroxyl groups excluding tert-OH is 1. The molecular formula is C14H16ClF3N2O2. The van der Waals surface area contributed by atoms with Crippen LogP contribution in [0.3, 0.4) is 0 Å². The molecule has 1 amide bonds. The smallest absolute Gasteiger partial charge is 0.395 e. The molecule has 1 atom stereocenters. The Balaban J connectivity index is 2.05. The molecular weight excluding hydrogens is 321 g/mol. The van der Waals surface area contributed by atoms with Crippen LogP contribution in [0.25, 0.3) is 0 Å². The van der Waals surface area contributed by atoms with E-state index in [0.717, 1.165) is 31.0 Å². The summed E-state index contributed by atoms with van der Waals surface area (Å²) in [5, 5.41) is 11.6. The number of nitrogens with zero attached hydrogens (tertiary/aromatic N) is 1. The van der Waals surface area contributed by atoms with Gasteiger partial charge in [-0.3, -0.25) is 9.69 Å². The van der Waals surface area contributed by atoms with Crippen molar-refractivity contribution in [2.24, 2.45) is 0 Å². The second-order valence-electron chi connectivity index (χ2n) is 5.19. The minimum atomic E-state index is -4.50. The molecule has 1 aliphatic rings. The number of anilines is 1.